The number of fused-ring (bicyclic) bond motifs is 1. The van der Waals surface area contributed by atoms with Gasteiger partial charge in [0, 0.05) is 36.4 Å². The highest BCUT2D eigenvalue weighted by molar-refractivity contribution is 7.48. The van der Waals surface area contributed by atoms with Crippen molar-refractivity contribution < 1.29 is 37.8 Å². The second-order valence-corrected chi connectivity index (χ2v) is 11.6. The van der Waals surface area contributed by atoms with E-state index < -0.39 is 86.3 Å². The van der Waals surface area contributed by atoms with Gasteiger partial charge in [-0.1, -0.05) is 6.42 Å². The number of hydrogen-bond acceptors (Lipinski definition) is 12. The quantitative estimate of drug-likeness (QED) is 0.308. The summed E-state index contributed by atoms with van der Waals surface area (Å²) in [7, 11) is -4.31. The molecule has 220 valence electrons. The van der Waals surface area contributed by atoms with E-state index >= 15 is 0 Å². The van der Waals surface area contributed by atoms with Crippen LogP contribution < -0.4 is 22.5 Å². The Hall–Kier alpha value is -2.69. The molecule has 0 aliphatic carbocycles. The van der Waals surface area contributed by atoms with Crippen LogP contribution in [0.15, 0.2) is 37.6 Å². The zero-order valence-corrected chi connectivity index (χ0v) is 22.4. The summed E-state index contributed by atoms with van der Waals surface area (Å²) < 4.78 is 44.7. The maximum Gasteiger partial charge on any atom is 0.475 e. The van der Waals surface area contributed by atoms with Crippen molar-refractivity contribution in [1.82, 2.24) is 19.1 Å². The van der Waals surface area contributed by atoms with Crippen molar-refractivity contribution >= 4 is 7.82 Å². The molecule has 0 spiro atoms. The number of phosphoric ester groups is 1. The van der Waals surface area contributed by atoms with Gasteiger partial charge in [-0.3, -0.25) is 42.3 Å². The van der Waals surface area contributed by atoms with Crippen molar-refractivity contribution in [2.45, 2.75) is 69.5 Å². The van der Waals surface area contributed by atoms with Gasteiger partial charge >= 0.3 is 19.2 Å². The van der Waals surface area contributed by atoms with Crippen LogP contribution in [0.2, 0.25) is 0 Å². The molecule has 2 aromatic heterocycles. The molecule has 0 amide bonds. The van der Waals surface area contributed by atoms with Gasteiger partial charge in [-0.25, -0.2) is 14.2 Å². The van der Waals surface area contributed by atoms with Crippen LogP contribution in [-0.4, -0.2) is 73.6 Å². The molecule has 0 radical (unpaired) electrons. The van der Waals surface area contributed by atoms with E-state index in [9.17, 15) is 34.0 Å². The molecule has 8 atom stereocenters. The van der Waals surface area contributed by atoms with E-state index in [1.807, 2.05) is 0 Å². The Morgan fingerprint density at radius 2 is 1.88 bits per heavy atom. The van der Waals surface area contributed by atoms with Gasteiger partial charge in [-0.2, -0.15) is 0 Å². The van der Waals surface area contributed by atoms with Crippen molar-refractivity contribution in [3.63, 3.8) is 0 Å². The number of hydrogen-bond donors (Lipinski definition) is 4. The minimum atomic E-state index is -4.31. The van der Waals surface area contributed by atoms with Crippen molar-refractivity contribution in [1.29, 1.82) is 0 Å². The SMILES string of the molecule is Cc1cn([C@H]2C[C@H](O)[C@@H](CO[P@]3(=O)OCCCC[C@@H]4[C@H](O3)[C@@H](CO)O[C@H]4n3ccc(=O)[nH]c3=O)O2)c(=O)[nH]c1=O. The number of phosphoric acid groups is 1. The van der Waals surface area contributed by atoms with Crippen LogP contribution in [0.4, 0.5) is 0 Å². The largest absolute Gasteiger partial charge is 0.475 e. The summed E-state index contributed by atoms with van der Waals surface area (Å²) in [4.78, 5) is 52.3. The van der Waals surface area contributed by atoms with E-state index in [0.29, 0.717) is 19.3 Å². The number of nitrogens with zero attached hydrogens (tertiary/aromatic N) is 2. The van der Waals surface area contributed by atoms with Crippen LogP contribution in [0.3, 0.4) is 0 Å². The third-order valence-corrected chi connectivity index (χ3v) is 8.73. The zero-order valence-electron chi connectivity index (χ0n) is 21.5. The fraction of sp³-hybridized carbons (Fsp3) is 0.652. The first kappa shape index (κ1) is 28.8. The van der Waals surface area contributed by atoms with Crippen LogP contribution in [-0.2, 0) is 27.6 Å². The monoisotopic (exact) mass is 586 g/mol. The molecule has 3 aliphatic heterocycles. The number of aliphatic hydroxyl groups is 2. The molecule has 3 aliphatic rings. The fourth-order valence-electron chi connectivity index (χ4n) is 5.20. The molecule has 0 unspecified atom stereocenters. The summed E-state index contributed by atoms with van der Waals surface area (Å²) >= 11 is 0. The number of aromatic amines is 2. The highest BCUT2D eigenvalue weighted by Crippen LogP contribution is 2.56. The second kappa shape index (κ2) is 11.7. The van der Waals surface area contributed by atoms with Crippen molar-refractivity contribution in [3.8, 4) is 0 Å². The summed E-state index contributed by atoms with van der Waals surface area (Å²) in [5, 5.41) is 20.6. The van der Waals surface area contributed by atoms with Gasteiger partial charge < -0.3 is 19.7 Å². The van der Waals surface area contributed by atoms with Gasteiger partial charge in [0.1, 0.15) is 30.8 Å². The molecule has 3 fully saturated rings. The van der Waals surface area contributed by atoms with Crippen molar-refractivity contribution in [3.05, 3.63) is 65.7 Å². The average Bonchev–Trinajstić information content (AvgIpc) is 3.45. The average molecular weight is 586 g/mol. The summed E-state index contributed by atoms with van der Waals surface area (Å²) in [6.45, 7) is 0.621. The molecule has 3 saturated heterocycles. The first-order valence-electron chi connectivity index (χ1n) is 12.9. The lowest BCUT2D eigenvalue weighted by Gasteiger charge is -2.27. The smallest absolute Gasteiger partial charge is 0.394 e. The topological polar surface area (TPSA) is 213 Å². The number of aliphatic hydroxyl groups excluding tert-OH is 2. The van der Waals surface area contributed by atoms with Gasteiger partial charge in [-0.05, 0) is 19.8 Å². The molecule has 40 heavy (non-hydrogen) atoms. The van der Waals surface area contributed by atoms with Crippen LogP contribution in [0.25, 0.3) is 0 Å². The molecule has 5 heterocycles. The predicted molar refractivity (Wildman–Crippen MR) is 135 cm³/mol. The number of rotatable bonds is 6. The first-order chi connectivity index (χ1) is 19.1. The van der Waals surface area contributed by atoms with Crippen LogP contribution in [0.5, 0.6) is 0 Å². The van der Waals surface area contributed by atoms with Gasteiger partial charge in [0.15, 0.2) is 0 Å². The molecule has 0 aromatic carbocycles. The third kappa shape index (κ3) is 5.85. The highest BCUT2D eigenvalue weighted by Gasteiger charge is 2.50. The summed E-state index contributed by atoms with van der Waals surface area (Å²) in [6.07, 6.45) is -1.74. The minimum absolute atomic E-state index is 0.00611. The molecule has 16 nitrogen and oxygen atoms in total. The van der Waals surface area contributed by atoms with Gasteiger partial charge in [0.25, 0.3) is 11.1 Å². The van der Waals surface area contributed by atoms with Crippen molar-refractivity contribution in [2.24, 2.45) is 5.92 Å². The van der Waals surface area contributed by atoms with E-state index in [1.165, 1.54) is 30.0 Å². The maximum atomic E-state index is 13.7. The number of ether oxygens (including phenoxy) is 2. The molecule has 0 saturated carbocycles. The van der Waals surface area contributed by atoms with E-state index in [4.69, 9.17) is 23.0 Å². The van der Waals surface area contributed by atoms with Crippen LogP contribution >= 0.6 is 7.82 Å². The highest BCUT2D eigenvalue weighted by atomic mass is 31.2. The molecule has 5 rings (SSSR count). The predicted octanol–water partition coefficient (Wildman–Crippen LogP) is -0.740. The van der Waals surface area contributed by atoms with Gasteiger partial charge in [-0.15, -0.1) is 0 Å². The van der Waals surface area contributed by atoms with Crippen LogP contribution in [0, 0.1) is 12.8 Å². The molecule has 0 bridgehead atoms. The fourth-order valence-corrected chi connectivity index (χ4v) is 6.67. The normalized spacial score (nSPS) is 34.6. The second-order valence-electron chi connectivity index (χ2n) is 9.98. The zero-order chi connectivity index (χ0) is 28.6. The molecule has 2 aromatic rings. The summed E-state index contributed by atoms with van der Waals surface area (Å²) in [6, 6.07) is 1.17. The van der Waals surface area contributed by atoms with Gasteiger partial charge in [0.05, 0.1) is 25.9 Å². The summed E-state index contributed by atoms with van der Waals surface area (Å²) in [5.41, 5.74) is -2.24. The summed E-state index contributed by atoms with van der Waals surface area (Å²) in [5.74, 6) is -0.549. The lowest BCUT2D eigenvalue weighted by atomic mass is 9.93. The Labute approximate surface area is 226 Å². The Bertz CT molecular complexity index is 1500. The molecular weight excluding hydrogens is 555 g/mol. The van der Waals surface area contributed by atoms with Crippen molar-refractivity contribution in [2.75, 3.05) is 19.8 Å². The first-order valence-corrected chi connectivity index (χ1v) is 14.4. The Morgan fingerprint density at radius 1 is 1.10 bits per heavy atom. The van der Waals surface area contributed by atoms with E-state index in [0.717, 1.165) is 4.57 Å². The number of H-pyrrole nitrogens is 2. The molecule has 17 heteroatoms. The van der Waals surface area contributed by atoms with E-state index in [2.05, 4.69) is 9.97 Å². The lowest BCUT2D eigenvalue weighted by molar-refractivity contribution is -0.0603. The van der Waals surface area contributed by atoms with E-state index in [1.54, 1.807) is 0 Å². The lowest BCUT2D eigenvalue weighted by Crippen LogP contribution is -2.35. The Morgan fingerprint density at radius 3 is 2.62 bits per heavy atom. The minimum Gasteiger partial charge on any atom is -0.394 e. The number of aryl methyl sites for hydroxylation is 1. The van der Waals surface area contributed by atoms with E-state index in [-0.39, 0.29) is 18.6 Å². The maximum absolute atomic E-state index is 13.7. The van der Waals surface area contributed by atoms with Gasteiger partial charge in [0.2, 0.25) is 0 Å². The molecular formula is C23H31N4O12P. The standard InChI is InChI=1S/C23H31N4O12P/c1-12-9-27(23(33)25-20(12)31)18-8-14(29)16(37-18)11-36-40(34)35-7-3-2-4-13-19(39-40)15(10-28)38-21(13)26-6-5-17(30)24-22(26)32/h5-6,9,13-16,18-19,21,28-29H,2-4,7-8,10-11H2,1H3,(H,24,30,32)(H,25,31,33)/t13-,14+,15-,16-,18-,19+,21-,40+/m1/s1. The molecule has 4 N–H and O–H groups in total. The number of aromatic nitrogens is 4. The number of nitrogens with one attached hydrogen (secondary N) is 2. The Balaban J connectivity index is 1.32. The van der Waals surface area contributed by atoms with Crippen LogP contribution in [0.1, 0.15) is 43.7 Å². The third-order valence-electron chi connectivity index (χ3n) is 7.26. The Kier molecular flexibility index (Phi) is 8.40.